The number of hydrogen-bond donors (Lipinski definition) is 0. The van der Waals surface area contributed by atoms with E-state index in [1.807, 2.05) is 0 Å². The van der Waals surface area contributed by atoms with Crippen molar-refractivity contribution in [3.63, 3.8) is 0 Å². The van der Waals surface area contributed by atoms with Crippen LogP contribution in [0.15, 0.2) is 60.7 Å². The molecule has 158 valence electrons. The van der Waals surface area contributed by atoms with Crippen LogP contribution in [0, 0.1) is 0 Å². The predicted molar refractivity (Wildman–Crippen MR) is 137 cm³/mol. The topological polar surface area (TPSA) is 13.0 Å². The van der Waals surface area contributed by atoms with Crippen LogP contribution >= 0.6 is 48.0 Å². The molecule has 0 aromatic heterocycles. The molecule has 8 heteroatoms. The summed E-state index contributed by atoms with van der Waals surface area (Å²) in [6.07, 6.45) is 0. The molecule has 2 aliphatic heterocycles. The fraction of sp³-hybridized carbons (Fsp3) is 0.364. The molecule has 2 aromatic carbocycles. The lowest BCUT2D eigenvalue weighted by atomic mass is 10.2. The van der Waals surface area contributed by atoms with Crippen molar-refractivity contribution in [3.8, 4) is 0 Å². The summed E-state index contributed by atoms with van der Waals surface area (Å²) in [5, 5.41) is 0. The van der Waals surface area contributed by atoms with E-state index >= 15 is 0 Å². The van der Waals surface area contributed by atoms with Crippen molar-refractivity contribution in [1.29, 1.82) is 0 Å². The average molecular weight is 475 g/mol. The molecule has 0 amide bonds. The third kappa shape index (κ3) is 6.18. The summed E-state index contributed by atoms with van der Waals surface area (Å²) in [6, 6.07) is 21.3. The Morgan fingerprint density at radius 3 is 1.43 bits per heavy atom. The van der Waals surface area contributed by atoms with Crippen LogP contribution in [-0.2, 0) is 13.1 Å². The molecule has 2 saturated heterocycles. The van der Waals surface area contributed by atoms with Crippen LogP contribution in [0.25, 0.3) is 0 Å². The second-order valence-electron chi connectivity index (χ2n) is 7.52. The van der Waals surface area contributed by atoms with Crippen molar-refractivity contribution in [1.82, 2.24) is 19.6 Å². The Morgan fingerprint density at radius 2 is 1.03 bits per heavy atom. The van der Waals surface area contributed by atoms with Crippen molar-refractivity contribution < 1.29 is 0 Å². The molecule has 0 spiro atoms. The van der Waals surface area contributed by atoms with Crippen molar-refractivity contribution in [2.45, 2.75) is 13.1 Å². The molecular formula is C22H26N4S4. The van der Waals surface area contributed by atoms with Gasteiger partial charge in [0.05, 0.1) is 25.1 Å². The van der Waals surface area contributed by atoms with Gasteiger partial charge in [0.2, 0.25) is 0 Å². The van der Waals surface area contributed by atoms with E-state index in [-0.39, 0.29) is 0 Å². The molecule has 0 radical (unpaired) electrons. The van der Waals surface area contributed by atoms with Crippen molar-refractivity contribution >= 4 is 56.6 Å². The summed E-state index contributed by atoms with van der Waals surface area (Å²) in [6.45, 7) is 5.46. The zero-order valence-corrected chi connectivity index (χ0v) is 20.1. The molecule has 0 atom stereocenters. The van der Waals surface area contributed by atoms with Crippen LogP contribution in [0.4, 0.5) is 0 Å². The monoisotopic (exact) mass is 474 g/mol. The van der Waals surface area contributed by atoms with Crippen LogP contribution < -0.4 is 0 Å². The number of thiocarbonyl (C=S) groups is 2. The number of thioether (sulfide) groups is 2. The Bertz CT molecular complexity index is 777. The Kier molecular flexibility index (Phi) is 8.03. The molecule has 4 nitrogen and oxygen atoms in total. The van der Waals surface area contributed by atoms with Gasteiger partial charge in [0.1, 0.15) is 8.64 Å². The quantitative estimate of drug-likeness (QED) is 0.538. The highest BCUT2D eigenvalue weighted by molar-refractivity contribution is 8.23. The van der Waals surface area contributed by atoms with Crippen LogP contribution in [0.2, 0.25) is 0 Å². The van der Waals surface area contributed by atoms with Crippen LogP contribution in [0.3, 0.4) is 0 Å². The molecule has 4 rings (SSSR count). The summed E-state index contributed by atoms with van der Waals surface area (Å²) in [5.41, 5.74) is 2.69. The fourth-order valence-corrected chi connectivity index (χ4v) is 5.80. The van der Waals surface area contributed by atoms with Crippen LogP contribution in [0.5, 0.6) is 0 Å². The first-order valence-electron chi connectivity index (χ1n) is 10.0. The second kappa shape index (κ2) is 10.9. The Morgan fingerprint density at radius 1 is 0.633 bits per heavy atom. The highest BCUT2D eigenvalue weighted by Gasteiger charge is 2.25. The van der Waals surface area contributed by atoms with Gasteiger partial charge in [-0.05, 0) is 11.1 Å². The van der Waals surface area contributed by atoms with Gasteiger partial charge in [0.15, 0.2) is 0 Å². The Labute approximate surface area is 198 Å². The molecular weight excluding hydrogens is 449 g/mol. The van der Waals surface area contributed by atoms with E-state index in [1.165, 1.54) is 11.1 Å². The zero-order valence-electron chi connectivity index (χ0n) is 16.9. The minimum atomic E-state index is 0.877. The number of hydrogen-bond acceptors (Lipinski definition) is 6. The molecule has 2 heterocycles. The zero-order chi connectivity index (χ0) is 20.8. The molecule has 0 saturated carbocycles. The van der Waals surface area contributed by atoms with E-state index < -0.39 is 0 Å². The van der Waals surface area contributed by atoms with Crippen molar-refractivity contribution in [2.75, 3.05) is 38.2 Å². The van der Waals surface area contributed by atoms with Crippen molar-refractivity contribution in [3.05, 3.63) is 71.8 Å². The maximum absolute atomic E-state index is 5.65. The summed E-state index contributed by atoms with van der Waals surface area (Å²) in [7, 11) is 0. The lowest BCUT2D eigenvalue weighted by Gasteiger charge is -2.40. The normalized spacial score (nSPS) is 18.8. The lowest BCUT2D eigenvalue weighted by Crippen LogP contribution is -2.50. The van der Waals surface area contributed by atoms with E-state index in [1.54, 1.807) is 23.5 Å². The molecule has 2 aromatic rings. The lowest BCUT2D eigenvalue weighted by molar-refractivity contribution is 0.171. The Balaban J connectivity index is 1.29. The van der Waals surface area contributed by atoms with Gasteiger partial charge in [-0.25, -0.2) is 0 Å². The summed E-state index contributed by atoms with van der Waals surface area (Å²) >= 11 is 14.8. The fourth-order valence-electron chi connectivity index (χ4n) is 3.60. The molecule has 0 unspecified atom stereocenters. The third-order valence-corrected chi connectivity index (χ3v) is 8.36. The molecule has 0 aliphatic carbocycles. The summed E-state index contributed by atoms with van der Waals surface area (Å²) in [4.78, 5) is 9.52. The number of benzene rings is 2. The third-order valence-electron chi connectivity index (χ3n) is 5.14. The van der Waals surface area contributed by atoms with Crippen molar-refractivity contribution in [2.24, 2.45) is 0 Å². The van der Waals surface area contributed by atoms with Gasteiger partial charge in [-0.2, -0.15) is 0 Å². The minimum absolute atomic E-state index is 0.877. The second-order valence-corrected chi connectivity index (χ2v) is 10.7. The van der Waals surface area contributed by atoms with Gasteiger partial charge in [0, 0.05) is 26.2 Å². The van der Waals surface area contributed by atoms with E-state index in [4.69, 9.17) is 24.4 Å². The van der Waals surface area contributed by atoms with Gasteiger partial charge in [-0.3, -0.25) is 9.80 Å². The standard InChI is InChI=1S/C22H26N4S4/c27-21-25(15-23(17-29-21)13-19-7-3-1-4-8-19)11-12-26-16-24(18-30-22(26)28)14-20-9-5-2-6-10-20/h1-10H,11-18H2. The maximum Gasteiger partial charge on any atom is 0.138 e. The number of rotatable bonds is 7. The van der Waals surface area contributed by atoms with Crippen LogP contribution in [0.1, 0.15) is 11.1 Å². The van der Waals surface area contributed by atoms with Gasteiger partial charge in [0.25, 0.3) is 0 Å². The summed E-state index contributed by atoms with van der Waals surface area (Å²) in [5.74, 6) is 1.90. The van der Waals surface area contributed by atoms with E-state index in [0.29, 0.717) is 0 Å². The van der Waals surface area contributed by atoms with E-state index in [2.05, 4.69) is 80.3 Å². The molecule has 30 heavy (non-hydrogen) atoms. The predicted octanol–water partition coefficient (Wildman–Crippen LogP) is 4.49. The maximum atomic E-state index is 5.65. The first-order chi connectivity index (χ1) is 14.7. The first kappa shape index (κ1) is 22.0. The van der Waals surface area contributed by atoms with Gasteiger partial charge in [-0.1, -0.05) is 109 Å². The van der Waals surface area contributed by atoms with Gasteiger partial charge >= 0.3 is 0 Å². The van der Waals surface area contributed by atoms with Gasteiger partial charge in [-0.15, -0.1) is 0 Å². The van der Waals surface area contributed by atoms with Crippen LogP contribution in [-0.4, -0.2) is 66.4 Å². The molecule has 2 aliphatic rings. The SMILES string of the molecule is S=C1SCN(Cc2ccccc2)CN1CCN1CN(Cc2ccccc2)CSC1=S. The number of nitrogens with zero attached hydrogens (tertiary/aromatic N) is 4. The highest BCUT2D eigenvalue weighted by atomic mass is 32.2. The average Bonchev–Trinajstić information content (AvgIpc) is 2.77. The molecule has 2 fully saturated rings. The smallest absolute Gasteiger partial charge is 0.138 e. The summed E-state index contributed by atoms with van der Waals surface area (Å²) < 4.78 is 1.99. The van der Waals surface area contributed by atoms with Gasteiger partial charge < -0.3 is 9.80 Å². The highest BCUT2D eigenvalue weighted by Crippen LogP contribution is 2.23. The largest absolute Gasteiger partial charge is 0.343 e. The molecule has 0 bridgehead atoms. The van der Waals surface area contributed by atoms with E-state index in [9.17, 15) is 0 Å². The minimum Gasteiger partial charge on any atom is -0.343 e. The first-order valence-corrected chi connectivity index (χ1v) is 12.8. The Hall–Kier alpha value is -1.16. The molecule has 0 N–H and O–H groups in total. The van der Waals surface area contributed by atoms with E-state index in [0.717, 1.165) is 59.9 Å².